The van der Waals surface area contributed by atoms with Crippen LogP contribution in [-0.2, 0) is 9.53 Å². The summed E-state index contributed by atoms with van der Waals surface area (Å²) < 4.78 is 5.96. The Labute approximate surface area is 114 Å². The highest BCUT2D eigenvalue weighted by atomic mass is 32.2. The van der Waals surface area contributed by atoms with Crippen LogP contribution in [0.5, 0.6) is 0 Å². The van der Waals surface area contributed by atoms with E-state index in [1.807, 2.05) is 11.8 Å². The molecule has 3 rings (SSSR count). The SMILES string of the molecule is CC1(C(=O)C2CCOC3(CCCC3)C2)CCCS1. The molecule has 3 heteroatoms. The fourth-order valence-corrected chi connectivity index (χ4v) is 5.36. The Morgan fingerprint density at radius 1 is 1.22 bits per heavy atom. The van der Waals surface area contributed by atoms with E-state index in [4.69, 9.17) is 4.74 Å². The Morgan fingerprint density at radius 3 is 2.67 bits per heavy atom. The van der Waals surface area contributed by atoms with Crippen molar-refractivity contribution in [2.24, 2.45) is 5.92 Å². The van der Waals surface area contributed by atoms with Gasteiger partial charge in [0.25, 0.3) is 0 Å². The molecule has 0 aromatic rings. The predicted molar refractivity (Wildman–Crippen MR) is 75.0 cm³/mol. The first-order valence-electron chi connectivity index (χ1n) is 7.46. The fourth-order valence-electron chi connectivity index (χ4n) is 4.02. The molecule has 0 aromatic carbocycles. The summed E-state index contributed by atoms with van der Waals surface area (Å²) >= 11 is 1.89. The lowest BCUT2D eigenvalue weighted by Crippen LogP contribution is -2.44. The predicted octanol–water partition coefficient (Wildman–Crippen LogP) is 3.58. The molecule has 2 saturated heterocycles. The van der Waals surface area contributed by atoms with E-state index < -0.39 is 0 Å². The maximum atomic E-state index is 12.8. The van der Waals surface area contributed by atoms with Crippen molar-refractivity contribution in [2.75, 3.05) is 12.4 Å². The number of ketones is 1. The van der Waals surface area contributed by atoms with Crippen molar-refractivity contribution in [2.45, 2.75) is 68.6 Å². The van der Waals surface area contributed by atoms with E-state index in [1.165, 1.54) is 32.1 Å². The Kier molecular flexibility index (Phi) is 3.48. The molecule has 18 heavy (non-hydrogen) atoms. The van der Waals surface area contributed by atoms with Gasteiger partial charge < -0.3 is 4.74 Å². The number of rotatable bonds is 2. The molecule has 3 aliphatic rings. The zero-order chi connectivity index (χ0) is 12.6. The lowest BCUT2D eigenvalue weighted by molar-refractivity contribution is -0.138. The molecule has 1 aliphatic carbocycles. The van der Waals surface area contributed by atoms with Gasteiger partial charge in [-0.2, -0.15) is 0 Å². The topological polar surface area (TPSA) is 26.3 Å². The second-order valence-electron chi connectivity index (χ2n) is 6.48. The van der Waals surface area contributed by atoms with Gasteiger partial charge in [-0.25, -0.2) is 0 Å². The molecule has 2 unspecified atom stereocenters. The number of ether oxygens (including phenoxy) is 1. The van der Waals surface area contributed by atoms with Crippen molar-refractivity contribution in [3.63, 3.8) is 0 Å². The summed E-state index contributed by atoms with van der Waals surface area (Å²) in [7, 11) is 0. The van der Waals surface area contributed by atoms with Crippen LogP contribution in [0.25, 0.3) is 0 Å². The van der Waals surface area contributed by atoms with Crippen LogP contribution in [0.15, 0.2) is 0 Å². The quantitative estimate of drug-likeness (QED) is 0.765. The van der Waals surface area contributed by atoms with Gasteiger partial charge in [-0.3, -0.25) is 4.79 Å². The third-order valence-electron chi connectivity index (χ3n) is 5.12. The minimum atomic E-state index is -0.0815. The molecule has 0 aromatic heterocycles. The summed E-state index contributed by atoms with van der Waals surface area (Å²) in [4.78, 5) is 12.8. The first-order valence-corrected chi connectivity index (χ1v) is 8.44. The number of carbonyl (C=O) groups is 1. The van der Waals surface area contributed by atoms with E-state index >= 15 is 0 Å². The van der Waals surface area contributed by atoms with Crippen LogP contribution in [-0.4, -0.2) is 28.5 Å². The Hall–Kier alpha value is -0.0200. The van der Waals surface area contributed by atoms with Gasteiger partial charge in [0.15, 0.2) is 5.78 Å². The van der Waals surface area contributed by atoms with Crippen LogP contribution >= 0.6 is 11.8 Å². The summed E-state index contributed by atoms with van der Waals surface area (Å²) in [6, 6.07) is 0. The third kappa shape index (κ3) is 2.24. The van der Waals surface area contributed by atoms with Crippen molar-refractivity contribution < 1.29 is 9.53 Å². The monoisotopic (exact) mass is 268 g/mol. The van der Waals surface area contributed by atoms with Gasteiger partial charge in [0, 0.05) is 12.5 Å². The highest BCUT2D eigenvalue weighted by molar-refractivity contribution is 8.01. The molecule has 1 spiro atoms. The van der Waals surface area contributed by atoms with Gasteiger partial charge in [-0.1, -0.05) is 12.8 Å². The molecule has 2 aliphatic heterocycles. The van der Waals surface area contributed by atoms with Crippen LogP contribution < -0.4 is 0 Å². The van der Waals surface area contributed by atoms with Gasteiger partial charge in [-0.05, 0) is 51.2 Å². The number of hydrogen-bond acceptors (Lipinski definition) is 3. The molecular formula is C15H24O2S. The molecule has 2 nitrogen and oxygen atoms in total. The lowest BCUT2D eigenvalue weighted by Gasteiger charge is -2.39. The van der Waals surface area contributed by atoms with Gasteiger partial charge in [0.2, 0.25) is 0 Å². The van der Waals surface area contributed by atoms with E-state index in [2.05, 4.69) is 6.92 Å². The Bertz CT molecular complexity index is 327. The molecular weight excluding hydrogens is 244 g/mol. The van der Waals surface area contributed by atoms with Crippen molar-refractivity contribution in [3.8, 4) is 0 Å². The maximum Gasteiger partial charge on any atom is 0.151 e. The van der Waals surface area contributed by atoms with Crippen molar-refractivity contribution in [1.29, 1.82) is 0 Å². The summed E-state index contributed by atoms with van der Waals surface area (Å²) in [5.74, 6) is 1.96. The maximum absolute atomic E-state index is 12.8. The third-order valence-corrected chi connectivity index (χ3v) is 6.65. The van der Waals surface area contributed by atoms with Crippen LogP contribution in [0.1, 0.15) is 58.3 Å². The summed E-state index contributed by atoms with van der Waals surface area (Å²) in [5, 5.41) is 0. The summed E-state index contributed by atoms with van der Waals surface area (Å²) in [6.07, 6.45) is 9.18. The van der Waals surface area contributed by atoms with Crippen molar-refractivity contribution in [1.82, 2.24) is 0 Å². The largest absolute Gasteiger partial charge is 0.375 e. The average Bonchev–Trinajstić information content (AvgIpc) is 2.99. The number of carbonyl (C=O) groups excluding carboxylic acids is 1. The number of thioether (sulfide) groups is 1. The zero-order valence-corrected chi connectivity index (χ0v) is 12.2. The molecule has 1 saturated carbocycles. The van der Waals surface area contributed by atoms with Gasteiger partial charge >= 0.3 is 0 Å². The highest BCUT2D eigenvalue weighted by Crippen LogP contribution is 2.46. The second-order valence-corrected chi connectivity index (χ2v) is 8.07. The molecule has 0 radical (unpaired) electrons. The van der Waals surface area contributed by atoms with E-state index in [1.54, 1.807) is 0 Å². The summed E-state index contributed by atoms with van der Waals surface area (Å²) in [5.41, 5.74) is 0.0816. The second kappa shape index (κ2) is 4.82. The molecule has 2 atom stereocenters. The van der Waals surface area contributed by atoms with Crippen molar-refractivity contribution in [3.05, 3.63) is 0 Å². The first kappa shape index (κ1) is 13.0. The van der Waals surface area contributed by atoms with E-state index in [-0.39, 0.29) is 16.3 Å². The highest BCUT2D eigenvalue weighted by Gasteiger charge is 2.47. The summed E-state index contributed by atoms with van der Waals surface area (Å²) in [6.45, 7) is 2.97. The van der Waals surface area contributed by atoms with E-state index in [9.17, 15) is 4.79 Å². The first-order chi connectivity index (χ1) is 8.64. The van der Waals surface area contributed by atoms with Gasteiger partial charge in [-0.15, -0.1) is 11.8 Å². The van der Waals surface area contributed by atoms with Gasteiger partial charge in [0.05, 0.1) is 10.3 Å². The zero-order valence-electron chi connectivity index (χ0n) is 11.4. The molecule has 2 heterocycles. The van der Waals surface area contributed by atoms with Crippen LogP contribution in [0.4, 0.5) is 0 Å². The van der Waals surface area contributed by atoms with Crippen LogP contribution in [0.3, 0.4) is 0 Å². The molecule has 0 amide bonds. The average molecular weight is 268 g/mol. The minimum Gasteiger partial charge on any atom is -0.375 e. The smallest absolute Gasteiger partial charge is 0.151 e. The molecule has 0 N–H and O–H groups in total. The molecule has 3 fully saturated rings. The van der Waals surface area contributed by atoms with E-state index in [0.29, 0.717) is 5.78 Å². The number of hydrogen-bond donors (Lipinski definition) is 0. The normalized spacial score (nSPS) is 39.3. The van der Waals surface area contributed by atoms with Crippen LogP contribution in [0.2, 0.25) is 0 Å². The van der Waals surface area contributed by atoms with Crippen LogP contribution in [0, 0.1) is 5.92 Å². The number of Topliss-reactive ketones (excluding diaryl/α,β-unsaturated/α-hetero) is 1. The lowest BCUT2D eigenvalue weighted by atomic mass is 9.78. The Balaban J connectivity index is 1.70. The minimum absolute atomic E-state index is 0.0815. The Morgan fingerprint density at radius 2 is 2.00 bits per heavy atom. The standard InChI is InChI=1S/C15H24O2S/c1-14(6-4-10-18-14)13(16)12-5-9-17-15(11-12)7-2-3-8-15/h12H,2-11H2,1H3. The van der Waals surface area contributed by atoms with E-state index in [0.717, 1.165) is 31.6 Å². The van der Waals surface area contributed by atoms with Crippen molar-refractivity contribution >= 4 is 17.5 Å². The van der Waals surface area contributed by atoms with Gasteiger partial charge in [0.1, 0.15) is 0 Å². The molecule has 0 bridgehead atoms. The molecule has 102 valence electrons. The fraction of sp³-hybridized carbons (Fsp3) is 0.933.